The molecule has 114 valence electrons. The topological polar surface area (TPSA) is 25.2 Å². The van der Waals surface area contributed by atoms with Gasteiger partial charge in [-0.25, -0.2) is 0 Å². The summed E-state index contributed by atoms with van der Waals surface area (Å²) in [4.78, 5) is 0. The minimum atomic E-state index is -0.223. The smallest absolute Gasteiger partial charge is 0.0617 e. The van der Waals surface area contributed by atoms with Gasteiger partial charge in [0.15, 0.2) is 0 Å². The molecule has 22 heavy (non-hydrogen) atoms. The summed E-state index contributed by atoms with van der Waals surface area (Å²) in [6.07, 6.45) is 7.08. The molecule has 2 heterocycles. The lowest BCUT2D eigenvalue weighted by Crippen LogP contribution is -2.26. The molecule has 1 N–H and O–H groups in total. The van der Waals surface area contributed by atoms with E-state index >= 15 is 0 Å². The Morgan fingerprint density at radius 1 is 1.14 bits per heavy atom. The number of hydrogen-bond acceptors (Lipinski definition) is 1. The molecule has 2 heteroatoms. The molecule has 4 rings (SSSR count). The van der Waals surface area contributed by atoms with Crippen LogP contribution in [0.15, 0.2) is 54.7 Å². The van der Waals surface area contributed by atoms with Crippen LogP contribution in [0.3, 0.4) is 0 Å². The Morgan fingerprint density at radius 3 is 2.73 bits per heavy atom. The van der Waals surface area contributed by atoms with Crippen LogP contribution in [-0.2, 0) is 0 Å². The van der Waals surface area contributed by atoms with Gasteiger partial charge in [0.2, 0.25) is 0 Å². The molecule has 1 fully saturated rings. The molecule has 0 saturated heterocycles. The molecule has 1 aliphatic heterocycles. The third-order valence-corrected chi connectivity index (χ3v) is 5.46. The first-order valence-electron chi connectivity index (χ1n) is 8.35. The summed E-state index contributed by atoms with van der Waals surface area (Å²) in [5.74, 6) is 0.428. The van der Waals surface area contributed by atoms with Crippen LogP contribution >= 0.6 is 0 Å². The molecule has 0 bridgehead atoms. The van der Waals surface area contributed by atoms with E-state index in [9.17, 15) is 5.11 Å². The van der Waals surface area contributed by atoms with Crippen molar-refractivity contribution in [3.05, 3.63) is 60.3 Å². The Hall–Kier alpha value is -1.80. The molecular weight excluding hydrogens is 270 g/mol. The second kappa shape index (κ2) is 5.44. The standard InChI is InChI=1S/C20H23NO/c1-14-8-10-15(11-9-14)20(22)13-19-17-6-3-2-5-16(17)18-7-4-12-21(18)19/h2-7,12,15,19-20,22H,1,8-11,13H2. The molecule has 1 aromatic heterocycles. The van der Waals surface area contributed by atoms with Gasteiger partial charge in [-0.3, -0.25) is 0 Å². The Balaban J connectivity index is 1.57. The number of aromatic nitrogens is 1. The fourth-order valence-corrected chi connectivity index (χ4v) is 4.16. The summed E-state index contributed by atoms with van der Waals surface area (Å²) in [5, 5.41) is 10.8. The van der Waals surface area contributed by atoms with E-state index in [1.54, 1.807) is 0 Å². The maximum Gasteiger partial charge on any atom is 0.0617 e. The lowest BCUT2D eigenvalue weighted by Gasteiger charge is -2.30. The molecule has 0 spiro atoms. The van der Waals surface area contributed by atoms with E-state index in [4.69, 9.17) is 0 Å². The van der Waals surface area contributed by atoms with Gasteiger partial charge in [0.1, 0.15) is 0 Å². The fourth-order valence-electron chi connectivity index (χ4n) is 4.16. The summed E-state index contributed by atoms with van der Waals surface area (Å²) in [6.45, 7) is 4.08. The average Bonchev–Trinajstić information content (AvgIpc) is 3.11. The zero-order valence-corrected chi connectivity index (χ0v) is 12.9. The highest BCUT2D eigenvalue weighted by atomic mass is 16.3. The lowest BCUT2D eigenvalue weighted by molar-refractivity contribution is 0.0747. The van der Waals surface area contributed by atoms with E-state index < -0.39 is 0 Å². The van der Waals surface area contributed by atoms with Crippen molar-refractivity contribution < 1.29 is 5.11 Å². The Kier molecular flexibility index (Phi) is 3.42. The van der Waals surface area contributed by atoms with Crippen LogP contribution in [0.2, 0.25) is 0 Å². The molecule has 1 aliphatic carbocycles. The number of aliphatic hydroxyl groups excluding tert-OH is 1. The number of allylic oxidation sites excluding steroid dienone is 1. The van der Waals surface area contributed by atoms with Gasteiger partial charge >= 0.3 is 0 Å². The quantitative estimate of drug-likeness (QED) is 0.825. The Labute approximate surface area is 132 Å². The van der Waals surface area contributed by atoms with E-state index in [1.165, 1.54) is 22.4 Å². The van der Waals surface area contributed by atoms with Gasteiger partial charge in [-0.1, -0.05) is 36.4 Å². The molecule has 2 unspecified atom stereocenters. The van der Waals surface area contributed by atoms with Gasteiger partial charge < -0.3 is 9.67 Å². The number of nitrogens with zero attached hydrogens (tertiary/aromatic N) is 1. The zero-order chi connectivity index (χ0) is 15.1. The minimum Gasteiger partial charge on any atom is -0.393 e. The first-order valence-corrected chi connectivity index (χ1v) is 8.35. The third-order valence-electron chi connectivity index (χ3n) is 5.46. The van der Waals surface area contributed by atoms with Crippen molar-refractivity contribution in [1.82, 2.24) is 4.57 Å². The first kappa shape index (κ1) is 13.8. The number of rotatable bonds is 3. The van der Waals surface area contributed by atoms with E-state index in [2.05, 4.69) is 53.7 Å². The van der Waals surface area contributed by atoms with Crippen LogP contribution in [-0.4, -0.2) is 15.8 Å². The van der Waals surface area contributed by atoms with E-state index in [-0.39, 0.29) is 12.1 Å². The van der Waals surface area contributed by atoms with Crippen LogP contribution in [0.4, 0.5) is 0 Å². The first-order chi connectivity index (χ1) is 10.7. The van der Waals surface area contributed by atoms with Crippen molar-refractivity contribution in [2.75, 3.05) is 0 Å². The molecule has 1 aromatic carbocycles. The van der Waals surface area contributed by atoms with Gasteiger partial charge in [0, 0.05) is 17.5 Å². The largest absolute Gasteiger partial charge is 0.393 e. The van der Waals surface area contributed by atoms with Gasteiger partial charge in [-0.2, -0.15) is 0 Å². The number of fused-ring (bicyclic) bond motifs is 3. The lowest BCUT2D eigenvalue weighted by atomic mass is 9.81. The van der Waals surface area contributed by atoms with Gasteiger partial charge in [0.05, 0.1) is 12.1 Å². The van der Waals surface area contributed by atoms with Crippen LogP contribution in [0.1, 0.15) is 43.7 Å². The molecule has 2 atom stereocenters. The fraction of sp³-hybridized carbons (Fsp3) is 0.400. The van der Waals surface area contributed by atoms with Crippen molar-refractivity contribution >= 4 is 0 Å². The monoisotopic (exact) mass is 293 g/mol. The van der Waals surface area contributed by atoms with Gasteiger partial charge in [0.25, 0.3) is 0 Å². The number of hydrogen-bond donors (Lipinski definition) is 1. The maximum atomic E-state index is 10.8. The molecule has 2 nitrogen and oxygen atoms in total. The summed E-state index contributed by atoms with van der Waals surface area (Å²) in [5.41, 5.74) is 5.31. The highest BCUT2D eigenvalue weighted by Crippen LogP contribution is 2.43. The summed E-state index contributed by atoms with van der Waals surface area (Å²) >= 11 is 0. The number of aliphatic hydroxyl groups is 1. The van der Waals surface area contributed by atoms with E-state index in [1.807, 2.05) is 0 Å². The Bertz CT molecular complexity index is 689. The van der Waals surface area contributed by atoms with Crippen molar-refractivity contribution in [1.29, 1.82) is 0 Å². The van der Waals surface area contributed by atoms with Crippen molar-refractivity contribution in [2.45, 2.75) is 44.2 Å². The molecular formula is C20H23NO. The summed E-state index contributed by atoms with van der Waals surface area (Å²) < 4.78 is 2.33. The second-order valence-corrected chi connectivity index (χ2v) is 6.79. The molecule has 0 radical (unpaired) electrons. The second-order valence-electron chi connectivity index (χ2n) is 6.79. The molecule has 0 amide bonds. The SMILES string of the molecule is C=C1CCC(C(O)CC2c3ccccc3-c3cccn32)CC1. The van der Waals surface area contributed by atoms with Crippen LogP contribution in [0.25, 0.3) is 11.3 Å². The van der Waals surface area contributed by atoms with Crippen LogP contribution in [0, 0.1) is 5.92 Å². The Morgan fingerprint density at radius 2 is 1.91 bits per heavy atom. The van der Waals surface area contributed by atoms with Crippen molar-refractivity contribution in [3.63, 3.8) is 0 Å². The maximum absolute atomic E-state index is 10.8. The zero-order valence-electron chi connectivity index (χ0n) is 12.9. The summed E-state index contributed by atoms with van der Waals surface area (Å²) in [6, 6.07) is 13.2. The highest BCUT2D eigenvalue weighted by molar-refractivity contribution is 5.69. The van der Waals surface area contributed by atoms with Crippen LogP contribution < -0.4 is 0 Å². The highest BCUT2D eigenvalue weighted by Gasteiger charge is 2.32. The molecule has 1 saturated carbocycles. The van der Waals surface area contributed by atoms with Gasteiger partial charge in [-0.05, 0) is 55.7 Å². The van der Waals surface area contributed by atoms with Crippen molar-refractivity contribution in [2.24, 2.45) is 5.92 Å². The number of benzene rings is 1. The third kappa shape index (κ3) is 2.22. The minimum absolute atomic E-state index is 0.223. The van der Waals surface area contributed by atoms with E-state index in [0.717, 1.165) is 32.1 Å². The summed E-state index contributed by atoms with van der Waals surface area (Å²) in [7, 11) is 0. The molecule has 2 aliphatic rings. The van der Waals surface area contributed by atoms with Crippen LogP contribution in [0.5, 0.6) is 0 Å². The average molecular weight is 293 g/mol. The van der Waals surface area contributed by atoms with E-state index in [0.29, 0.717) is 5.92 Å². The predicted molar refractivity (Wildman–Crippen MR) is 89.7 cm³/mol. The van der Waals surface area contributed by atoms with Crippen molar-refractivity contribution in [3.8, 4) is 11.3 Å². The van der Waals surface area contributed by atoms with Gasteiger partial charge in [-0.15, -0.1) is 0 Å². The normalized spacial score (nSPS) is 22.4. The predicted octanol–water partition coefficient (Wildman–Crippen LogP) is 4.56. The molecule has 2 aromatic rings.